The van der Waals surface area contributed by atoms with Gasteiger partial charge in [0.25, 0.3) is 0 Å². The maximum absolute atomic E-state index is 10.4. The summed E-state index contributed by atoms with van der Waals surface area (Å²) in [6.07, 6.45) is 4.03. The summed E-state index contributed by atoms with van der Waals surface area (Å²) in [6.45, 7) is 1.81. The van der Waals surface area contributed by atoms with Crippen LogP contribution in [0.5, 0.6) is 28.7 Å². The summed E-state index contributed by atoms with van der Waals surface area (Å²) < 4.78 is 5.12. The van der Waals surface area contributed by atoms with Crippen molar-refractivity contribution in [3.8, 4) is 28.7 Å². The van der Waals surface area contributed by atoms with Gasteiger partial charge < -0.3 is 25.2 Å². The van der Waals surface area contributed by atoms with Gasteiger partial charge in [-0.2, -0.15) is 0 Å². The van der Waals surface area contributed by atoms with Crippen LogP contribution in [0.4, 0.5) is 0 Å². The van der Waals surface area contributed by atoms with Crippen LogP contribution in [0.2, 0.25) is 0 Å². The SMILES string of the molecule is COc1cc(C=Cc2cc(O)cc(O)c2Cc2ccc(O)c(C)c2)ccc1O. The van der Waals surface area contributed by atoms with Crippen molar-refractivity contribution in [2.24, 2.45) is 0 Å². The molecule has 4 N–H and O–H groups in total. The number of benzene rings is 3. The van der Waals surface area contributed by atoms with Gasteiger partial charge in [0, 0.05) is 18.1 Å². The fraction of sp³-hybridized carbons (Fsp3) is 0.130. The first-order chi connectivity index (χ1) is 13.4. The van der Waals surface area contributed by atoms with Crippen molar-refractivity contribution in [1.29, 1.82) is 0 Å². The molecular weight excluding hydrogens is 356 g/mol. The summed E-state index contributed by atoms with van der Waals surface area (Å²) in [5, 5.41) is 39.7. The lowest BCUT2D eigenvalue weighted by Gasteiger charge is -2.11. The standard InChI is InChI=1S/C23H22O5/c1-14-9-16(5-7-20(14)25)10-19-17(12-18(24)13-22(19)27)6-3-15-4-8-21(26)23(11-15)28-2/h3-9,11-13,24-27H,10H2,1-2H3. The predicted octanol–water partition coefficient (Wildman–Crippen LogP) is 4.59. The highest BCUT2D eigenvalue weighted by Crippen LogP contribution is 2.32. The van der Waals surface area contributed by atoms with E-state index >= 15 is 0 Å². The topological polar surface area (TPSA) is 90.2 Å². The first kappa shape index (κ1) is 19.2. The molecule has 0 heterocycles. The van der Waals surface area contributed by atoms with E-state index in [1.165, 1.54) is 13.2 Å². The van der Waals surface area contributed by atoms with Gasteiger partial charge >= 0.3 is 0 Å². The maximum Gasteiger partial charge on any atom is 0.161 e. The Hall–Kier alpha value is -3.60. The number of phenolic OH excluding ortho intramolecular Hbond substituents is 4. The van der Waals surface area contributed by atoms with E-state index in [9.17, 15) is 20.4 Å². The van der Waals surface area contributed by atoms with Gasteiger partial charge in [0.15, 0.2) is 11.5 Å². The molecule has 0 unspecified atom stereocenters. The first-order valence-electron chi connectivity index (χ1n) is 8.76. The van der Waals surface area contributed by atoms with E-state index in [1.807, 2.05) is 19.1 Å². The Bertz CT molecular complexity index is 1040. The zero-order valence-electron chi connectivity index (χ0n) is 15.7. The highest BCUT2D eigenvalue weighted by atomic mass is 16.5. The van der Waals surface area contributed by atoms with Gasteiger partial charge in [-0.3, -0.25) is 0 Å². The summed E-state index contributed by atoms with van der Waals surface area (Å²) in [5.41, 5.74) is 3.80. The maximum atomic E-state index is 10.4. The van der Waals surface area contributed by atoms with E-state index in [-0.39, 0.29) is 23.0 Å². The van der Waals surface area contributed by atoms with E-state index in [1.54, 1.807) is 42.5 Å². The predicted molar refractivity (Wildman–Crippen MR) is 109 cm³/mol. The molecule has 3 aromatic carbocycles. The quantitative estimate of drug-likeness (QED) is 0.488. The van der Waals surface area contributed by atoms with Crippen LogP contribution in [0.3, 0.4) is 0 Å². The Labute approximate surface area is 163 Å². The Morgan fingerprint density at radius 2 is 1.57 bits per heavy atom. The zero-order chi connectivity index (χ0) is 20.3. The third-order valence-electron chi connectivity index (χ3n) is 4.55. The summed E-state index contributed by atoms with van der Waals surface area (Å²) in [6, 6.07) is 13.1. The monoisotopic (exact) mass is 378 g/mol. The lowest BCUT2D eigenvalue weighted by molar-refractivity contribution is 0.373. The Morgan fingerprint density at radius 1 is 0.821 bits per heavy atom. The molecule has 5 nitrogen and oxygen atoms in total. The van der Waals surface area contributed by atoms with Crippen molar-refractivity contribution in [2.45, 2.75) is 13.3 Å². The number of aryl methyl sites for hydroxylation is 1. The number of ether oxygens (including phenoxy) is 1. The van der Waals surface area contributed by atoms with Gasteiger partial charge in [-0.05, 0) is 53.4 Å². The number of methoxy groups -OCH3 is 1. The van der Waals surface area contributed by atoms with Crippen LogP contribution in [0.25, 0.3) is 12.2 Å². The molecule has 3 aromatic rings. The van der Waals surface area contributed by atoms with Crippen molar-refractivity contribution in [3.63, 3.8) is 0 Å². The van der Waals surface area contributed by atoms with E-state index in [4.69, 9.17) is 4.74 Å². The highest BCUT2D eigenvalue weighted by molar-refractivity contribution is 5.74. The van der Waals surface area contributed by atoms with Gasteiger partial charge in [-0.15, -0.1) is 0 Å². The Kier molecular flexibility index (Phi) is 5.45. The van der Waals surface area contributed by atoms with Crippen LogP contribution in [0.1, 0.15) is 27.8 Å². The average molecular weight is 378 g/mol. The minimum absolute atomic E-state index is 0.00587. The van der Waals surface area contributed by atoms with Crippen molar-refractivity contribution < 1.29 is 25.2 Å². The van der Waals surface area contributed by atoms with Gasteiger partial charge in [0.05, 0.1) is 7.11 Å². The summed E-state index contributed by atoms with van der Waals surface area (Å²) in [4.78, 5) is 0. The van der Waals surface area contributed by atoms with Crippen molar-refractivity contribution in [2.75, 3.05) is 7.11 Å². The van der Waals surface area contributed by atoms with Gasteiger partial charge in [-0.25, -0.2) is 0 Å². The molecule has 0 bridgehead atoms. The molecule has 0 aliphatic rings. The third-order valence-corrected chi connectivity index (χ3v) is 4.55. The molecule has 0 saturated carbocycles. The first-order valence-corrected chi connectivity index (χ1v) is 8.76. The smallest absolute Gasteiger partial charge is 0.161 e. The van der Waals surface area contributed by atoms with Gasteiger partial charge in [0.1, 0.15) is 17.2 Å². The Balaban J connectivity index is 1.97. The molecule has 0 aliphatic heterocycles. The molecule has 28 heavy (non-hydrogen) atoms. The van der Waals surface area contributed by atoms with Crippen LogP contribution in [-0.2, 0) is 6.42 Å². The number of aromatic hydroxyl groups is 4. The van der Waals surface area contributed by atoms with Crippen LogP contribution >= 0.6 is 0 Å². The molecule has 0 saturated heterocycles. The van der Waals surface area contributed by atoms with E-state index < -0.39 is 0 Å². The number of hydrogen-bond acceptors (Lipinski definition) is 5. The average Bonchev–Trinajstić information content (AvgIpc) is 2.66. The van der Waals surface area contributed by atoms with Crippen LogP contribution in [0, 0.1) is 6.92 Å². The molecule has 0 aromatic heterocycles. The minimum Gasteiger partial charge on any atom is -0.508 e. The minimum atomic E-state index is -0.0360. The third kappa shape index (κ3) is 4.20. The molecule has 3 rings (SSSR count). The summed E-state index contributed by atoms with van der Waals surface area (Å²) >= 11 is 0. The molecule has 0 spiro atoms. The Morgan fingerprint density at radius 3 is 2.29 bits per heavy atom. The van der Waals surface area contributed by atoms with Crippen LogP contribution in [-0.4, -0.2) is 27.5 Å². The number of hydrogen-bond donors (Lipinski definition) is 4. The lowest BCUT2D eigenvalue weighted by atomic mass is 9.96. The van der Waals surface area contributed by atoms with E-state index in [0.29, 0.717) is 23.3 Å². The molecule has 0 aliphatic carbocycles. The highest BCUT2D eigenvalue weighted by Gasteiger charge is 2.11. The second-order valence-electron chi connectivity index (χ2n) is 6.59. The molecular formula is C23H22O5. The second kappa shape index (κ2) is 7.96. The molecule has 0 radical (unpaired) electrons. The fourth-order valence-corrected chi connectivity index (χ4v) is 3.02. The molecule has 0 atom stereocenters. The van der Waals surface area contributed by atoms with Crippen LogP contribution < -0.4 is 4.74 Å². The zero-order valence-corrected chi connectivity index (χ0v) is 15.7. The largest absolute Gasteiger partial charge is 0.508 e. The van der Waals surface area contributed by atoms with Crippen molar-refractivity contribution in [1.82, 2.24) is 0 Å². The molecule has 0 fully saturated rings. The molecule has 5 heteroatoms. The van der Waals surface area contributed by atoms with E-state index in [0.717, 1.165) is 16.7 Å². The van der Waals surface area contributed by atoms with Gasteiger partial charge in [0.2, 0.25) is 0 Å². The van der Waals surface area contributed by atoms with Crippen LogP contribution in [0.15, 0.2) is 48.5 Å². The van der Waals surface area contributed by atoms with Gasteiger partial charge in [-0.1, -0.05) is 30.4 Å². The summed E-state index contributed by atoms with van der Waals surface area (Å²) in [5.74, 6) is 0.596. The molecule has 0 amide bonds. The second-order valence-corrected chi connectivity index (χ2v) is 6.59. The number of phenols is 4. The lowest BCUT2D eigenvalue weighted by Crippen LogP contribution is -1.94. The molecule has 144 valence electrons. The summed E-state index contributed by atoms with van der Waals surface area (Å²) in [7, 11) is 1.48. The normalized spacial score (nSPS) is 11.1. The van der Waals surface area contributed by atoms with Crippen molar-refractivity contribution >= 4 is 12.2 Å². The fourth-order valence-electron chi connectivity index (χ4n) is 3.02. The number of rotatable bonds is 5. The van der Waals surface area contributed by atoms with E-state index in [2.05, 4.69) is 0 Å². The van der Waals surface area contributed by atoms with Crippen molar-refractivity contribution in [3.05, 3.63) is 76.3 Å².